The highest BCUT2D eigenvalue weighted by molar-refractivity contribution is 7.89. The molecule has 5 heteroatoms. The summed E-state index contributed by atoms with van der Waals surface area (Å²) in [5.74, 6) is 1.05. The number of nitrogens with one attached hydrogen (secondary N) is 1. The van der Waals surface area contributed by atoms with E-state index >= 15 is 0 Å². The Labute approximate surface area is 114 Å². The van der Waals surface area contributed by atoms with Crippen LogP contribution in [0.15, 0.2) is 29.2 Å². The van der Waals surface area contributed by atoms with Crippen LogP contribution in [-0.2, 0) is 10.0 Å². The van der Waals surface area contributed by atoms with Gasteiger partial charge in [-0.3, -0.25) is 0 Å². The number of benzene rings is 1. The first-order valence-electron chi connectivity index (χ1n) is 6.68. The van der Waals surface area contributed by atoms with Crippen LogP contribution in [-0.4, -0.2) is 19.6 Å². The zero-order valence-electron chi connectivity index (χ0n) is 11.3. The van der Waals surface area contributed by atoms with Gasteiger partial charge in [0.15, 0.2) is 0 Å². The number of rotatable bonds is 3. The molecule has 0 bridgehead atoms. The first kappa shape index (κ1) is 14.3. The van der Waals surface area contributed by atoms with Crippen LogP contribution in [0.2, 0.25) is 0 Å². The number of phenols is 1. The molecule has 2 N–H and O–H groups in total. The Balaban J connectivity index is 2.13. The summed E-state index contributed by atoms with van der Waals surface area (Å²) in [6.07, 6.45) is 2.91. The lowest BCUT2D eigenvalue weighted by molar-refractivity contribution is 0.257. The van der Waals surface area contributed by atoms with Crippen molar-refractivity contribution in [3.05, 3.63) is 24.3 Å². The zero-order chi connectivity index (χ0) is 14.0. The monoisotopic (exact) mass is 283 g/mol. The third-order valence-corrected chi connectivity index (χ3v) is 5.15. The van der Waals surface area contributed by atoms with E-state index in [1.54, 1.807) is 0 Å². The van der Waals surface area contributed by atoms with Crippen LogP contribution in [0, 0.1) is 11.8 Å². The van der Waals surface area contributed by atoms with Crippen molar-refractivity contribution in [3.63, 3.8) is 0 Å². The van der Waals surface area contributed by atoms with Crippen molar-refractivity contribution < 1.29 is 13.5 Å². The van der Waals surface area contributed by atoms with Crippen molar-refractivity contribution in [2.45, 2.75) is 44.0 Å². The molecule has 1 aliphatic rings. The van der Waals surface area contributed by atoms with Crippen molar-refractivity contribution in [1.29, 1.82) is 0 Å². The van der Waals surface area contributed by atoms with Gasteiger partial charge in [-0.15, -0.1) is 0 Å². The molecular formula is C14H21NO3S. The van der Waals surface area contributed by atoms with Crippen LogP contribution >= 0.6 is 0 Å². The molecule has 4 nitrogen and oxygen atoms in total. The SMILES string of the molecule is CC1CC(C)CC(NS(=O)(=O)c2cccc(O)c2)C1. The van der Waals surface area contributed by atoms with Gasteiger partial charge in [-0.1, -0.05) is 19.9 Å². The minimum atomic E-state index is -3.54. The molecule has 1 saturated carbocycles. The number of phenolic OH excluding ortho intramolecular Hbond substituents is 1. The van der Waals surface area contributed by atoms with Gasteiger partial charge in [-0.05, 0) is 49.3 Å². The van der Waals surface area contributed by atoms with Crippen LogP contribution in [0.25, 0.3) is 0 Å². The van der Waals surface area contributed by atoms with Crippen LogP contribution in [0.5, 0.6) is 5.75 Å². The fourth-order valence-corrected chi connectivity index (χ4v) is 4.28. The number of hydrogen-bond acceptors (Lipinski definition) is 3. The Kier molecular flexibility index (Phi) is 4.16. The van der Waals surface area contributed by atoms with Gasteiger partial charge in [0.1, 0.15) is 5.75 Å². The summed E-state index contributed by atoms with van der Waals surface area (Å²) in [4.78, 5) is 0.123. The van der Waals surface area contributed by atoms with Gasteiger partial charge in [0.2, 0.25) is 10.0 Å². The van der Waals surface area contributed by atoms with Gasteiger partial charge in [0, 0.05) is 6.04 Å². The second-order valence-electron chi connectivity index (χ2n) is 5.73. The van der Waals surface area contributed by atoms with E-state index in [0.717, 1.165) is 19.3 Å². The molecule has 1 fully saturated rings. The molecule has 106 valence electrons. The van der Waals surface area contributed by atoms with E-state index in [-0.39, 0.29) is 16.7 Å². The largest absolute Gasteiger partial charge is 0.508 e. The summed E-state index contributed by atoms with van der Waals surface area (Å²) in [5, 5.41) is 9.37. The Bertz CT molecular complexity index is 531. The lowest BCUT2D eigenvalue weighted by Crippen LogP contribution is -2.39. The molecule has 0 spiro atoms. The van der Waals surface area contributed by atoms with Gasteiger partial charge in [-0.2, -0.15) is 0 Å². The van der Waals surface area contributed by atoms with E-state index < -0.39 is 10.0 Å². The van der Waals surface area contributed by atoms with Crippen molar-refractivity contribution in [1.82, 2.24) is 4.72 Å². The van der Waals surface area contributed by atoms with E-state index in [1.807, 2.05) is 0 Å². The van der Waals surface area contributed by atoms with Crippen molar-refractivity contribution in [2.75, 3.05) is 0 Å². The van der Waals surface area contributed by atoms with Crippen molar-refractivity contribution in [3.8, 4) is 5.75 Å². The van der Waals surface area contributed by atoms with Crippen LogP contribution in [0.4, 0.5) is 0 Å². The summed E-state index contributed by atoms with van der Waals surface area (Å²) < 4.78 is 27.2. The van der Waals surface area contributed by atoms with Crippen molar-refractivity contribution >= 4 is 10.0 Å². The molecule has 0 radical (unpaired) electrons. The molecule has 0 aromatic heterocycles. The van der Waals surface area contributed by atoms with Gasteiger partial charge in [-0.25, -0.2) is 13.1 Å². The molecule has 2 rings (SSSR count). The van der Waals surface area contributed by atoms with Gasteiger partial charge >= 0.3 is 0 Å². The Hall–Kier alpha value is -1.07. The Morgan fingerprint density at radius 1 is 1.16 bits per heavy atom. The highest BCUT2D eigenvalue weighted by atomic mass is 32.2. The molecule has 0 aliphatic heterocycles. The fourth-order valence-electron chi connectivity index (χ4n) is 2.98. The average Bonchev–Trinajstić information content (AvgIpc) is 2.26. The topological polar surface area (TPSA) is 66.4 Å². The first-order valence-corrected chi connectivity index (χ1v) is 8.16. The maximum Gasteiger partial charge on any atom is 0.240 e. The molecular weight excluding hydrogens is 262 g/mol. The third kappa shape index (κ3) is 3.70. The van der Waals surface area contributed by atoms with E-state index in [1.165, 1.54) is 24.3 Å². The molecule has 0 heterocycles. The summed E-state index contributed by atoms with van der Waals surface area (Å²) in [5.41, 5.74) is 0. The molecule has 0 saturated heterocycles. The summed E-state index contributed by atoms with van der Waals surface area (Å²) >= 11 is 0. The highest BCUT2D eigenvalue weighted by Gasteiger charge is 2.27. The Morgan fingerprint density at radius 3 is 2.37 bits per heavy atom. The summed E-state index contributed by atoms with van der Waals surface area (Å²) in [6.45, 7) is 4.32. The lowest BCUT2D eigenvalue weighted by Gasteiger charge is -2.31. The molecule has 1 aliphatic carbocycles. The molecule has 1 aromatic rings. The molecule has 2 unspecified atom stereocenters. The Morgan fingerprint density at radius 2 is 1.79 bits per heavy atom. The normalized spacial score (nSPS) is 28.2. The second-order valence-corrected chi connectivity index (χ2v) is 7.45. The molecule has 2 atom stereocenters. The van der Waals surface area contributed by atoms with Crippen LogP contribution in [0.3, 0.4) is 0 Å². The molecule has 1 aromatic carbocycles. The maximum absolute atomic E-state index is 12.2. The van der Waals surface area contributed by atoms with E-state index in [4.69, 9.17) is 0 Å². The average molecular weight is 283 g/mol. The maximum atomic E-state index is 12.2. The number of sulfonamides is 1. The van der Waals surface area contributed by atoms with Gasteiger partial charge in [0.05, 0.1) is 4.90 Å². The van der Waals surface area contributed by atoms with Crippen LogP contribution < -0.4 is 4.72 Å². The summed E-state index contributed by atoms with van der Waals surface area (Å²) in [6, 6.07) is 5.77. The smallest absolute Gasteiger partial charge is 0.240 e. The summed E-state index contributed by atoms with van der Waals surface area (Å²) in [7, 11) is -3.54. The predicted octanol–water partition coefficient (Wildman–Crippen LogP) is 2.50. The second kappa shape index (κ2) is 5.51. The van der Waals surface area contributed by atoms with Gasteiger partial charge in [0.25, 0.3) is 0 Å². The van der Waals surface area contributed by atoms with E-state index in [2.05, 4.69) is 18.6 Å². The lowest BCUT2D eigenvalue weighted by atomic mass is 9.81. The van der Waals surface area contributed by atoms with E-state index in [0.29, 0.717) is 11.8 Å². The van der Waals surface area contributed by atoms with Crippen LogP contribution in [0.1, 0.15) is 33.1 Å². The standard InChI is InChI=1S/C14H21NO3S/c1-10-6-11(2)8-12(7-10)15-19(17,18)14-5-3-4-13(16)9-14/h3-5,9-12,15-16H,6-8H2,1-2H3. The highest BCUT2D eigenvalue weighted by Crippen LogP contribution is 2.29. The first-order chi connectivity index (χ1) is 8.87. The zero-order valence-corrected chi connectivity index (χ0v) is 12.2. The van der Waals surface area contributed by atoms with E-state index in [9.17, 15) is 13.5 Å². The van der Waals surface area contributed by atoms with Crippen molar-refractivity contribution in [2.24, 2.45) is 11.8 Å². The fraction of sp³-hybridized carbons (Fsp3) is 0.571. The molecule has 19 heavy (non-hydrogen) atoms. The predicted molar refractivity (Wildman–Crippen MR) is 74.4 cm³/mol. The minimum absolute atomic E-state index is 0.00824. The van der Waals surface area contributed by atoms with Gasteiger partial charge < -0.3 is 5.11 Å². The number of aromatic hydroxyl groups is 1. The quantitative estimate of drug-likeness (QED) is 0.895. The minimum Gasteiger partial charge on any atom is -0.508 e. The third-order valence-electron chi connectivity index (χ3n) is 3.63. The number of hydrogen-bond donors (Lipinski definition) is 2. The molecule has 0 amide bonds.